The summed E-state index contributed by atoms with van der Waals surface area (Å²) < 4.78 is 12.9. The number of rotatable bonds is 8. The largest absolute Gasteiger partial charge is 0.493 e. The molecule has 0 fully saturated rings. The van der Waals surface area contributed by atoms with Crippen molar-refractivity contribution in [3.63, 3.8) is 0 Å². The van der Waals surface area contributed by atoms with E-state index >= 15 is 0 Å². The van der Waals surface area contributed by atoms with Crippen molar-refractivity contribution in [1.82, 2.24) is 15.1 Å². The summed E-state index contributed by atoms with van der Waals surface area (Å²) in [5, 5.41) is 7.02. The molecule has 3 aromatic rings. The monoisotopic (exact) mass is 365 g/mol. The molecule has 3 rings (SSSR count). The first-order valence-corrected chi connectivity index (χ1v) is 8.78. The number of nitrogens with one attached hydrogen (secondary N) is 1. The average Bonchev–Trinajstić information content (AvgIpc) is 3.25. The van der Waals surface area contributed by atoms with Gasteiger partial charge in [-0.25, -0.2) is 0 Å². The van der Waals surface area contributed by atoms with E-state index < -0.39 is 0 Å². The molecule has 0 radical (unpaired) electrons. The van der Waals surface area contributed by atoms with Gasteiger partial charge in [0.2, 0.25) is 5.91 Å². The summed E-state index contributed by atoms with van der Waals surface area (Å²) in [6, 6.07) is 17.0. The number of aromatic nitrogens is 2. The number of benzene rings is 2. The van der Waals surface area contributed by atoms with Crippen LogP contribution in [0, 0.1) is 0 Å². The summed E-state index contributed by atoms with van der Waals surface area (Å²) in [7, 11) is 1.60. The van der Waals surface area contributed by atoms with Gasteiger partial charge >= 0.3 is 0 Å². The topological polar surface area (TPSA) is 65.4 Å². The number of ether oxygens (including phenoxy) is 2. The van der Waals surface area contributed by atoms with Crippen molar-refractivity contribution in [3.05, 3.63) is 78.1 Å². The minimum atomic E-state index is -0.365. The molecule has 0 bridgehead atoms. The predicted octanol–water partition coefficient (Wildman–Crippen LogP) is 3.35. The number of methoxy groups -OCH3 is 1. The van der Waals surface area contributed by atoms with Crippen LogP contribution < -0.4 is 14.8 Å². The molecule has 6 nitrogen and oxygen atoms in total. The van der Waals surface area contributed by atoms with Crippen molar-refractivity contribution in [2.45, 2.75) is 26.1 Å². The van der Waals surface area contributed by atoms with E-state index in [1.807, 2.05) is 55.5 Å². The fraction of sp³-hybridized carbons (Fsp3) is 0.238. The Morgan fingerprint density at radius 3 is 2.63 bits per heavy atom. The van der Waals surface area contributed by atoms with Gasteiger partial charge in [-0.3, -0.25) is 9.48 Å². The Labute approximate surface area is 158 Å². The number of nitrogens with zero attached hydrogens (tertiary/aromatic N) is 2. The summed E-state index contributed by atoms with van der Waals surface area (Å²) in [4.78, 5) is 12.3. The Balaban J connectivity index is 1.59. The van der Waals surface area contributed by atoms with Crippen LogP contribution in [0.1, 0.15) is 24.1 Å². The molecule has 0 saturated heterocycles. The van der Waals surface area contributed by atoms with Crippen molar-refractivity contribution in [2.75, 3.05) is 7.11 Å². The second kappa shape index (κ2) is 8.89. The van der Waals surface area contributed by atoms with Gasteiger partial charge in [-0.15, -0.1) is 0 Å². The number of hydrogen-bond acceptors (Lipinski definition) is 4. The van der Waals surface area contributed by atoms with E-state index in [1.165, 1.54) is 0 Å². The lowest BCUT2D eigenvalue weighted by atomic mass is 10.2. The number of hydrogen-bond donors (Lipinski definition) is 1. The predicted molar refractivity (Wildman–Crippen MR) is 103 cm³/mol. The van der Waals surface area contributed by atoms with Crippen LogP contribution in [0.25, 0.3) is 0 Å². The average molecular weight is 365 g/mol. The van der Waals surface area contributed by atoms with Crippen molar-refractivity contribution >= 4 is 5.91 Å². The first-order valence-electron chi connectivity index (χ1n) is 8.78. The molecule has 1 atom stereocenters. The van der Waals surface area contributed by atoms with Crippen molar-refractivity contribution in [2.24, 2.45) is 0 Å². The highest BCUT2D eigenvalue weighted by atomic mass is 16.5. The molecule has 0 aliphatic rings. The smallest absolute Gasteiger partial charge is 0.244 e. The van der Waals surface area contributed by atoms with Crippen LogP contribution in [-0.2, 0) is 17.9 Å². The van der Waals surface area contributed by atoms with E-state index in [9.17, 15) is 4.79 Å². The standard InChI is InChI=1S/C21H23N3O3/c1-16(24-12-6-11-23-24)21(25)22-14-18-9-10-19(20(13-18)26-2)27-15-17-7-4-3-5-8-17/h3-13,16H,14-15H2,1-2H3,(H,22,25). The first kappa shape index (κ1) is 18.5. The molecule has 0 aliphatic heterocycles. The SMILES string of the molecule is COc1cc(CNC(=O)C(C)n2cccn2)ccc1OCc1ccccc1. The van der Waals surface area contributed by atoms with E-state index in [0.29, 0.717) is 24.7 Å². The summed E-state index contributed by atoms with van der Waals surface area (Å²) in [6.45, 7) is 2.68. The van der Waals surface area contributed by atoms with E-state index in [0.717, 1.165) is 11.1 Å². The number of carbonyl (C=O) groups is 1. The zero-order valence-corrected chi connectivity index (χ0v) is 15.5. The van der Waals surface area contributed by atoms with Gasteiger partial charge in [0, 0.05) is 18.9 Å². The molecule has 1 unspecified atom stereocenters. The van der Waals surface area contributed by atoms with Gasteiger partial charge in [0.05, 0.1) is 7.11 Å². The van der Waals surface area contributed by atoms with Crippen LogP contribution in [0.4, 0.5) is 0 Å². The van der Waals surface area contributed by atoms with Crippen LogP contribution in [-0.4, -0.2) is 22.8 Å². The lowest BCUT2D eigenvalue weighted by Crippen LogP contribution is -2.30. The molecule has 0 spiro atoms. The molecule has 27 heavy (non-hydrogen) atoms. The third-order valence-corrected chi connectivity index (χ3v) is 4.23. The summed E-state index contributed by atoms with van der Waals surface area (Å²) in [5.74, 6) is 1.21. The maximum Gasteiger partial charge on any atom is 0.244 e. The van der Waals surface area contributed by atoms with Crippen LogP contribution in [0.15, 0.2) is 67.0 Å². The molecule has 2 aromatic carbocycles. The highest BCUT2D eigenvalue weighted by Crippen LogP contribution is 2.28. The van der Waals surface area contributed by atoms with Crippen LogP contribution in [0.5, 0.6) is 11.5 Å². The van der Waals surface area contributed by atoms with Gasteiger partial charge in [-0.1, -0.05) is 36.4 Å². The maximum absolute atomic E-state index is 12.3. The van der Waals surface area contributed by atoms with Crippen LogP contribution >= 0.6 is 0 Å². The fourth-order valence-electron chi connectivity index (χ4n) is 2.64. The highest BCUT2D eigenvalue weighted by Gasteiger charge is 2.15. The third-order valence-electron chi connectivity index (χ3n) is 4.23. The van der Waals surface area contributed by atoms with E-state index in [4.69, 9.17) is 9.47 Å². The third kappa shape index (κ3) is 4.88. The summed E-state index contributed by atoms with van der Waals surface area (Å²) in [6.07, 6.45) is 3.43. The molecule has 6 heteroatoms. The van der Waals surface area contributed by atoms with Gasteiger partial charge in [0.1, 0.15) is 12.6 Å². The van der Waals surface area contributed by atoms with E-state index in [1.54, 1.807) is 30.3 Å². The zero-order valence-electron chi connectivity index (χ0n) is 15.5. The van der Waals surface area contributed by atoms with Gasteiger partial charge < -0.3 is 14.8 Å². The second-order valence-corrected chi connectivity index (χ2v) is 6.14. The quantitative estimate of drug-likeness (QED) is 0.665. The van der Waals surface area contributed by atoms with E-state index in [-0.39, 0.29) is 11.9 Å². The number of carbonyl (C=O) groups excluding carboxylic acids is 1. The van der Waals surface area contributed by atoms with E-state index in [2.05, 4.69) is 10.4 Å². The minimum absolute atomic E-state index is 0.0953. The van der Waals surface area contributed by atoms with Gasteiger partial charge in [-0.2, -0.15) is 5.10 Å². The molecule has 0 saturated carbocycles. The van der Waals surface area contributed by atoms with Gasteiger partial charge in [-0.05, 0) is 36.2 Å². The lowest BCUT2D eigenvalue weighted by molar-refractivity contribution is -0.124. The molecule has 1 amide bonds. The van der Waals surface area contributed by atoms with Crippen molar-refractivity contribution < 1.29 is 14.3 Å². The molecular weight excluding hydrogens is 342 g/mol. The summed E-state index contributed by atoms with van der Waals surface area (Å²) in [5.41, 5.74) is 2.02. The molecule has 140 valence electrons. The van der Waals surface area contributed by atoms with Gasteiger partial charge in [0.15, 0.2) is 11.5 Å². The lowest BCUT2D eigenvalue weighted by Gasteiger charge is -2.14. The Bertz CT molecular complexity index is 864. The molecule has 0 aliphatic carbocycles. The minimum Gasteiger partial charge on any atom is -0.493 e. The normalized spacial score (nSPS) is 11.6. The molecular formula is C21H23N3O3. The fourth-order valence-corrected chi connectivity index (χ4v) is 2.64. The van der Waals surface area contributed by atoms with Crippen molar-refractivity contribution in [3.8, 4) is 11.5 Å². The number of amides is 1. The Morgan fingerprint density at radius 1 is 1.11 bits per heavy atom. The van der Waals surface area contributed by atoms with Crippen LogP contribution in [0.3, 0.4) is 0 Å². The Kier molecular flexibility index (Phi) is 6.10. The Hall–Kier alpha value is -3.28. The molecule has 1 N–H and O–H groups in total. The highest BCUT2D eigenvalue weighted by molar-refractivity contribution is 5.79. The summed E-state index contributed by atoms with van der Waals surface area (Å²) >= 11 is 0. The van der Waals surface area contributed by atoms with Crippen molar-refractivity contribution in [1.29, 1.82) is 0 Å². The molecule has 1 aromatic heterocycles. The Morgan fingerprint density at radius 2 is 1.93 bits per heavy atom. The molecule has 1 heterocycles. The van der Waals surface area contributed by atoms with Gasteiger partial charge in [0.25, 0.3) is 0 Å². The maximum atomic E-state index is 12.3. The zero-order chi connectivity index (χ0) is 19.1. The first-order chi connectivity index (χ1) is 13.2. The second-order valence-electron chi connectivity index (χ2n) is 6.14. The van der Waals surface area contributed by atoms with Crippen LogP contribution in [0.2, 0.25) is 0 Å².